The molecule has 0 radical (unpaired) electrons. The van der Waals surface area contributed by atoms with Crippen LogP contribution in [0.4, 0.5) is 0 Å². The Bertz CT molecular complexity index is 383. The summed E-state index contributed by atoms with van der Waals surface area (Å²) in [5, 5.41) is 10.4. The lowest BCUT2D eigenvalue weighted by atomic mass is 9.95. The van der Waals surface area contributed by atoms with E-state index in [1.54, 1.807) is 14.2 Å². The lowest BCUT2D eigenvalue weighted by Crippen LogP contribution is -2.06. The molecule has 1 N–H and O–H groups in total. The molecule has 1 unspecified atom stereocenters. The molecule has 0 amide bonds. The van der Waals surface area contributed by atoms with Crippen molar-refractivity contribution >= 4 is 0 Å². The van der Waals surface area contributed by atoms with Crippen molar-refractivity contribution in [1.82, 2.24) is 0 Å². The summed E-state index contributed by atoms with van der Waals surface area (Å²) >= 11 is 0. The zero-order valence-electron chi connectivity index (χ0n) is 11.2. The van der Waals surface area contributed by atoms with Gasteiger partial charge in [0, 0.05) is 5.56 Å². The van der Waals surface area contributed by atoms with Crippen LogP contribution in [0.2, 0.25) is 0 Å². The van der Waals surface area contributed by atoms with Crippen LogP contribution < -0.4 is 9.47 Å². The van der Waals surface area contributed by atoms with Crippen LogP contribution in [0.3, 0.4) is 0 Å². The molecule has 1 fully saturated rings. The van der Waals surface area contributed by atoms with Gasteiger partial charge in [0.1, 0.15) is 0 Å². The normalized spacial score (nSPS) is 17.7. The van der Waals surface area contributed by atoms with Crippen LogP contribution in [-0.2, 0) is 0 Å². The maximum atomic E-state index is 10.4. The molecule has 1 atom stereocenters. The van der Waals surface area contributed by atoms with E-state index in [-0.39, 0.29) is 0 Å². The van der Waals surface area contributed by atoms with Gasteiger partial charge in [-0.3, -0.25) is 0 Å². The van der Waals surface area contributed by atoms with E-state index in [0.717, 1.165) is 12.0 Å². The molecule has 1 aliphatic carbocycles. The molecule has 3 nitrogen and oxygen atoms in total. The summed E-state index contributed by atoms with van der Waals surface area (Å²) in [5.74, 6) is 1.99. The molecular weight excluding hydrogens is 228 g/mol. The largest absolute Gasteiger partial charge is 0.493 e. The third-order valence-electron chi connectivity index (χ3n) is 3.82. The molecule has 0 bridgehead atoms. The number of aliphatic hydroxyl groups excluding tert-OH is 1. The summed E-state index contributed by atoms with van der Waals surface area (Å²) in [6.45, 7) is 0. The van der Waals surface area contributed by atoms with Crippen molar-refractivity contribution in [1.29, 1.82) is 0 Å². The topological polar surface area (TPSA) is 38.7 Å². The fourth-order valence-corrected chi connectivity index (χ4v) is 2.86. The molecule has 0 aliphatic heterocycles. The molecule has 0 saturated heterocycles. The first-order chi connectivity index (χ1) is 8.76. The maximum absolute atomic E-state index is 10.4. The van der Waals surface area contributed by atoms with Gasteiger partial charge >= 0.3 is 0 Å². The summed E-state index contributed by atoms with van der Waals surface area (Å²) in [4.78, 5) is 0. The molecule has 1 aromatic rings. The predicted molar refractivity (Wildman–Crippen MR) is 71.1 cm³/mol. The molecule has 0 aromatic heterocycles. The Morgan fingerprint density at radius 1 is 1.22 bits per heavy atom. The van der Waals surface area contributed by atoms with Crippen LogP contribution >= 0.6 is 0 Å². The zero-order chi connectivity index (χ0) is 13.0. The van der Waals surface area contributed by atoms with E-state index in [4.69, 9.17) is 9.47 Å². The number of para-hydroxylation sites is 1. The minimum absolute atomic E-state index is 0.460. The lowest BCUT2D eigenvalue weighted by Gasteiger charge is -2.19. The monoisotopic (exact) mass is 250 g/mol. The first-order valence-electron chi connectivity index (χ1n) is 6.65. The second-order valence-corrected chi connectivity index (χ2v) is 4.98. The second kappa shape index (κ2) is 6.10. The third kappa shape index (κ3) is 2.78. The average molecular weight is 250 g/mol. The highest BCUT2D eigenvalue weighted by Crippen LogP contribution is 2.39. The van der Waals surface area contributed by atoms with Crippen molar-refractivity contribution in [3.05, 3.63) is 23.8 Å². The molecule has 3 heteroatoms. The van der Waals surface area contributed by atoms with Gasteiger partial charge in [-0.05, 0) is 18.4 Å². The molecule has 2 rings (SSSR count). The Hall–Kier alpha value is -1.22. The Kier molecular flexibility index (Phi) is 4.48. The zero-order valence-corrected chi connectivity index (χ0v) is 11.2. The van der Waals surface area contributed by atoms with Gasteiger partial charge < -0.3 is 14.6 Å². The van der Waals surface area contributed by atoms with Crippen LogP contribution in [0.5, 0.6) is 11.5 Å². The van der Waals surface area contributed by atoms with Crippen molar-refractivity contribution in [3.8, 4) is 11.5 Å². The summed E-state index contributed by atoms with van der Waals surface area (Å²) < 4.78 is 10.6. The molecule has 0 spiro atoms. The first-order valence-corrected chi connectivity index (χ1v) is 6.65. The average Bonchev–Trinajstić information content (AvgIpc) is 2.90. The Balaban J connectivity index is 2.15. The van der Waals surface area contributed by atoms with Crippen LogP contribution in [0.1, 0.15) is 43.8 Å². The molecule has 100 valence electrons. The summed E-state index contributed by atoms with van der Waals surface area (Å²) in [6, 6.07) is 5.67. The van der Waals surface area contributed by atoms with Crippen molar-refractivity contribution in [2.24, 2.45) is 5.92 Å². The molecule has 0 heterocycles. The SMILES string of the molecule is COc1cccc(C(O)CC2CCCC2)c1OC. The van der Waals surface area contributed by atoms with Crippen LogP contribution in [-0.4, -0.2) is 19.3 Å². The highest BCUT2D eigenvalue weighted by Gasteiger charge is 2.23. The number of methoxy groups -OCH3 is 2. The fourth-order valence-electron chi connectivity index (χ4n) is 2.86. The molecule has 1 aromatic carbocycles. The minimum atomic E-state index is -0.460. The molecule has 1 aliphatic rings. The van der Waals surface area contributed by atoms with Crippen LogP contribution in [0, 0.1) is 5.92 Å². The van der Waals surface area contributed by atoms with Gasteiger partial charge in [0.15, 0.2) is 11.5 Å². The smallest absolute Gasteiger partial charge is 0.166 e. The van der Waals surface area contributed by atoms with E-state index >= 15 is 0 Å². The minimum Gasteiger partial charge on any atom is -0.493 e. The van der Waals surface area contributed by atoms with Gasteiger partial charge in [-0.15, -0.1) is 0 Å². The Morgan fingerprint density at radius 2 is 1.94 bits per heavy atom. The van der Waals surface area contributed by atoms with Gasteiger partial charge in [-0.1, -0.05) is 37.8 Å². The van der Waals surface area contributed by atoms with Gasteiger partial charge in [-0.25, -0.2) is 0 Å². The highest BCUT2D eigenvalue weighted by molar-refractivity contribution is 5.47. The number of aliphatic hydroxyl groups is 1. The van der Waals surface area contributed by atoms with Gasteiger partial charge in [0.2, 0.25) is 0 Å². The summed E-state index contributed by atoms with van der Waals surface area (Å²) in [5.41, 5.74) is 0.837. The molecule has 1 saturated carbocycles. The van der Waals surface area contributed by atoms with Gasteiger partial charge in [0.25, 0.3) is 0 Å². The quantitative estimate of drug-likeness (QED) is 0.871. The van der Waals surface area contributed by atoms with Crippen molar-refractivity contribution in [2.45, 2.75) is 38.2 Å². The first kappa shape index (κ1) is 13.2. The van der Waals surface area contributed by atoms with Crippen molar-refractivity contribution in [2.75, 3.05) is 14.2 Å². The second-order valence-electron chi connectivity index (χ2n) is 4.98. The van der Waals surface area contributed by atoms with E-state index in [1.165, 1.54) is 25.7 Å². The number of ether oxygens (including phenoxy) is 2. The Labute approximate surface area is 109 Å². The van der Waals surface area contributed by atoms with Gasteiger partial charge in [-0.2, -0.15) is 0 Å². The van der Waals surface area contributed by atoms with Crippen molar-refractivity contribution < 1.29 is 14.6 Å². The summed E-state index contributed by atoms with van der Waals surface area (Å²) in [6.07, 6.45) is 5.44. The number of benzene rings is 1. The van der Waals surface area contributed by atoms with Gasteiger partial charge in [0.05, 0.1) is 20.3 Å². The summed E-state index contributed by atoms with van der Waals surface area (Å²) in [7, 11) is 3.23. The van der Waals surface area contributed by atoms with Crippen LogP contribution in [0.25, 0.3) is 0 Å². The van der Waals surface area contributed by atoms with E-state index in [1.807, 2.05) is 18.2 Å². The van der Waals surface area contributed by atoms with Crippen molar-refractivity contribution in [3.63, 3.8) is 0 Å². The third-order valence-corrected chi connectivity index (χ3v) is 3.82. The standard InChI is InChI=1S/C15H22O3/c1-17-14-9-5-8-12(15(14)18-2)13(16)10-11-6-3-4-7-11/h5,8-9,11,13,16H,3-4,6-7,10H2,1-2H3. The van der Waals surface area contributed by atoms with Crippen LogP contribution in [0.15, 0.2) is 18.2 Å². The highest BCUT2D eigenvalue weighted by atomic mass is 16.5. The lowest BCUT2D eigenvalue weighted by molar-refractivity contribution is 0.140. The number of hydrogen-bond donors (Lipinski definition) is 1. The predicted octanol–water partition coefficient (Wildman–Crippen LogP) is 3.32. The maximum Gasteiger partial charge on any atom is 0.166 e. The Morgan fingerprint density at radius 3 is 2.56 bits per heavy atom. The fraction of sp³-hybridized carbons (Fsp3) is 0.600. The number of rotatable bonds is 5. The van der Waals surface area contributed by atoms with E-state index in [9.17, 15) is 5.11 Å². The number of hydrogen-bond acceptors (Lipinski definition) is 3. The molecular formula is C15H22O3. The van der Waals surface area contributed by atoms with E-state index in [0.29, 0.717) is 17.4 Å². The van der Waals surface area contributed by atoms with E-state index < -0.39 is 6.10 Å². The van der Waals surface area contributed by atoms with E-state index in [2.05, 4.69) is 0 Å². The molecule has 18 heavy (non-hydrogen) atoms.